The number of rotatable bonds is 5. The molecule has 0 aliphatic carbocycles. The van der Waals surface area contributed by atoms with Gasteiger partial charge in [0.15, 0.2) is 5.82 Å². The fraction of sp³-hybridized carbons (Fsp3) is 0.0625. The summed E-state index contributed by atoms with van der Waals surface area (Å²) in [5.41, 5.74) is 0.456. The van der Waals surface area contributed by atoms with E-state index in [4.69, 9.17) is 4.42 Å². The predicted molar refractivity (Wildman–Crippen MR) is 79.2 cm³/mol. The lowest BCUT2D eigenvalue weighted by atomic mass is 10.1. The molecule has 0 amide bonds. The second-order valence-electron chi connectivity index (χ2n) is 4.93. The Morgan fingerprint density at radius 3 is 2.71 bits per heavy atom. The highest BCUT2D eigenvalue weighted by atomic mass is 19.1. The molecular formula is C16H11F2N3O3. The van der Waals surface area contributed by atoms with Crippen LogP contribution in [0.15, 0.2) is 47.2 Å². The summed E-state index contributed by atoms with van der Waals surface area (Å²) in [6, 6.07) is 5.90. The fourth-order valence-electron chi connectivity index (χ4n) is 2.08. The molecule has 0 radical (unpaired) electrons. The fourth-order valence-corrected chi connectivity index (χ4v) is 2.08. The lowest BCUT2D eigenvalue weighted by Gasteiger charge is -1.97. The van der Waals surface area contributed by atoms with Gasteiger partial charge in [-0.05, 0) is 23.8 Å². The molecule has 1 aromatic carbocycles. The zero-order chi connectivity index (χ0) is 17.1. The molecule has 3 rings (SSSR count). The second-order valence-corrected chi connectivity index (χ2v) is 4.93. The van der Waals surface area contributed by atoms with E-state index in [1.165, 1.54) is 18.2 Å². The van der Waals surface area contributed by atoms with Gasteiger partial charge in [-0.2, -0.15) is 9.49 Å². The number of aromatic amines is 1. The molecular weight excluding hydrogens is 320 g/mol. The zero-order valence-corrected chi connectivity index (χ0v) is 12.2. The molecule has 0 saturated carbocycles. The monoisotopic (exact) mass is 331 g/mol. The molecule has 6 nitrogen and oxygen atoms in total. The number of aliphatic hydroxyl groups excluding tert-OH is 1. The lowest BCUT2D eigenvalue weighted by Crippen LogP contribution is -1.99. The van der Waals surface area contributed by atoms with Crippen molar-refractivity contribution in [2.24, 2.45) is 0 Å². The molecule has 24 heavy (non-hydrogen) atoms. The minimum atomic E-state index is -1.02. The first-order chi connectivity index (χ1) is 11.5. The van der Waals surface area contributed by atoms with Gasteiger partial charge in [-0.25, -0.2) is 9.37 Å². The third-order valence-corrected chi connectivity index (χ3v) is 3.22. The van der Waals surface area contributed by atoms with E-state index in [9.17, 15) is 18.7 Å². The average molecular weight is 331 g/mol. The standard InChI is InChI=1S/C16H11F2N3O3/c17-10-3-1-9(2-4-10)5-11-6-12(15(18)24-11)13(22)7-14(23)16-19-8-20-21-16/h1-4,6-8,22H,5H2,(H,19,20,21). The van der Waals surface area contributed by atoms with Crippen LogP contribution in [0.5, 0.6) is 0 Å². The molecule has 0 fully saturated rings. The molecule has 0 aliphatic heterocycles. The molecule has 0 aliphatic rings. The number of hydrogen-bond acceptors (Lipinski definition) is 5. The van der Waals surface area contributed by atoms with Gasteiger partial charge in [0.1, 0.15) is 23.7 Å². The first kappa shape index (κ1) is 15.6. The smallest absolute Gasteiger partial charge is 0.289 e. The number of nitrogens with one attached hydrogen (secondary N) is 1. The Balaban J connectivity index is 1.80. The highest BCUT2D eigenvalue weighted by Crippen LogP contribution is 2.23. The van der Waals surface area contributed by atoms with E-state index in [2.05, 4.69) is 15.2 Å². The number of benzene rings is 1. The van der Waals surface area contributed by atoms with Crippen molar-refractivity contribution in [1.29, 1.82) is 0 Å². The van der Waals surface area contributed by atoms with Crippen molar-refractivity contribution in [3.05, 3.63) is 77.3 Å². The van der Waals surface area contributed by atoms with Gasteiger partial charge in [0, 0.05) is 12.5 Å². The van der Waals surface area contributed by atoms with Gasteiger partial charge in [-0.1, -0.05) is 12.1 Å². The van der Waals surface area contributed by atoms with Crippen molar-refractivity contribution in [3.8, 4) is 0 Å². The first-order valence-electron chi connectivity index (χ1n) is 6.86. The number of ketones is 1. The van der Waals surface area contributed by atoms with Crippen molar-refractivity contribution in [3.63, 3.8) is 0 Å². The van der Waals surface area contributed by atoms with E-state index >= 15 is 0 Å². The maximum Gasteiger partial charge on any atom is 0.289 e. The van der Waals surface area contributed by atoms with Gasteiger partial charge >= 0.3 is 0 Å². The summed E-state index contributed by atoms with van der Waals surface area (Å²) >= 11 is 0. The molecule has 0 saturated heterocycles. The number of H-pyrrole nitrogens is 1. The molecule has 2 N–H and O–H groups in total. The van der Waals surface area contributed by atoms with Crippen LogP contribution in [0.2, 0.25) is 0 Å². The second kappa shape index (κ2) is 6.45. The number of aliphatic hydroxyl groups is 1. The number of nitrogens with zero attached hydrogens (tertiary/aromatic N) is 2. The largest absolute Gasteiger partial charge is 0.507 e. The molecule has 2 aromatic heterocycles. The van der Waals surface area contributed by atoms with Crippen molar-refractivity contribution in [2.75, 3.05) is 0 Å². The number of aromatic nitrogens is 3. The van der Waals surface area contributed by atoms with Crippen LogP contribution in [0.3, 0.4) is 0 Å². The molecule has 0 atom stereocenters. The molecule has 0 bridgehead atoms. The number of allylic oxidation sites excluding steroid dienone is 1. The quantitative estimate of drug-likeness (QED) is 0.426. The highest BCUT2D eigenvalue weighted by Gasteiger charge is 2.17. The molecule has 122 valence electrons. The Morgan fingerprint density at radius 1 is 1.29 bits per heavy atom. The number of halogens is 2. The Hall–Kier alpha value is -3.29. The molecule has 3 aromatic rings. The van der Waals surface area contributed by atoms with Crippen LogP contribution in [0.4, 0.5) is 8.78 Å². The molecule has 8 heteroatoms. The van der Waals surface area contributed by atoms with Gasteiger partial charge in [0.2, 0.25) is 5.78 Å². The average Bonchev–Trinajstić information content (AvgIpc) is 3.19. The Labute approximate surface area is 134 Å². The number of furan rings is 1. The summed E-state index contributed by atoms with van der Waals surface area (Å²) in [5.74, 6) is -1.50. The minimum Gasteiger partial charge on any atom is -0.507 e. The van der Waals surface area contributed by atoms with E-state index < -0.39 is 17.6 Å². The van der Waals surface area contributed by atoms with Gasteiger partial charge in [0.05, 0.1) is 5.56 Å². The summed E-state index contributed by atoms with van der Waals surface area (Å²) in [6.07, 6.45) is 2.16. The number of carbonyl (C=O) groups excluding carboxylic acids is 1. The Kier molecular flexibility index (Phi) is 4.19. The lowest BCUT2D eigenvalue weighted by molar-refractivity contribution is 0.103. The molecule has 0 unspecified atom stereocenters. The van der Waals surface area contributed by atoms with Crippen LogP contribution in [-0.4, -0.2) is 26.1 Å². The van der Waals surface area contributed by atoms with Crippen molar-refractivity contribution in [1.82, 2.24) is 15.2 Å². The van der Waals surface area contributed by atoms with Gasteiger partial charge in [-0.3, -0.25) is 9.89 Å². The van der Waals surface area contributed by atoms with Gasteiger partial charge in [0.25, 0.3) is 6.01 Å². The number of hydrogen-bond donors (Lipinski definition) is 2. The maximum absolute atomic E-state index is 13.8. The van der Waals surface area contributed by atoms with Crippen molar-refractivity contribution in [2.45, 2.75) is 6.42 Å². The van der Waals surface area contributed by atoms with E-state index in [0.717, 1.165) is 12.4 Å². The van der Waals surface area contributed by atoms with Crippen molar-refractivity contribution < 1.29 is 23.1 Å². The van der Waals surface area contributed by atoms with Crippen LogP contribution < -0.4 is 0 Å². The summed E-state index contributed by atoms with van der Waals surface area (Å²) < 4.78 is 31.6. The summed E-state index contributed by atoms with van der Waals surface area (Å²) in [4.78, 5) is 15.4. The van der Waals surface area contributed by atoms with Crippen molar-refractivity contribution >= 4 is 11.5 Å². The highest BCUT2D eigenvalue weighted by molar-refractivity contribution is 6.05. The van der Waals surface area contributed by atoms with Crippen LogP contribution in [0, 0.1) is 11.8 Å². The van der Waals surface area contributed by atoms with E-state index in [1.807, 2.05) is 0 Å². The van der Waals surface area contributed by atoms with Crippen LogP contribution in [0.25, 0.3) is 5.76 Å². The normalized spacial score (nSPS) is 11.7. The van der Waals surface area contributed by atoms with Gasteiger partial charge in [-0.15, -0.1) is 0 Å². The maximum atomic E-state index is 13.8. The third-order valence-electron chi connectivity index (χ3n) is 3.22. The number of carbonyl (C=O) groups is 1. The zero-order valence-electron chi connectivity index (χ0n) is 12.2. The third kappa shape index (κ3) is 3.37. The SMILES string of the molecule is O=C(C=C(O)c1cc(Cc2ccc(F)cc2)oc1F)c1ncn[nH]1. The van der Waals surface area contributed by atoms with E-state index in [1.54, 1.807) is 12.1 Å². The summed E-state index contributed by atoms with van der Waals surface area (Å²) in [7, 11) is 0. The topological polar surface area (TPSA) is 92.0 Å². The summed E-state index contributed by atoms with van der Waals surface area (Å²) in [6.45, 7) is 0. The van der Waals surface area contributed by atoms with E-state index in [0.29, 0.717) is 5.56 Å². The molecule has 0 spiro atoms. The van der Waals surface area contributed by atoms with Gasteiger partial charge < -0.3 is 9.52 Å². The van der Waals surface area contributed by atoms with Crippen LogP contribution in [0.1, 0.15) is 27.5 Å². The predicted octanol–water partition coefficient (Wildman–Crippen LogP) is 3.05. The van der Waals surface area contributed by atoms with E-state index in [-0.39, 0.29) is 29.4 Å². The van der Waals surface area contributed by atoms with Crippen LogP contribution >= 0.6 is 0 Å². The molecule has 2 heterocycles. The Morgan fingerprint density at radius 2 is 2.04 bits per heavy atom. The Bertz CT molecular complexity index is 884. The van der Waals surface area contributed by atoms with Crippen LogP contribution in [-0.2, 0) is 6.42 Å². The minimum absolute atomic E-state index is 0.0861. The first-order valence-corrected chi connectivity index (χ1v) is 6.86. The summed E-state index contributed by atoms with van der Waals surface area (Å²) in [5, 5.41) is 15.8.